The molecule has 0 radical (unpaired) electrons. The van der Waals surface area contributed by atoms with Crippen LogP contribution in [0.5, 0.6) is 0 Å². The Hall–Kier alpha value is -2.83. The summed E-state index contributed by atoms with van der Waals surface area (Å²) in [6.07, 6.45) is 3.28. The van der Waals surface area contributed by atoms with Crippen molar-refractivity contribution >= 4 is 11.9 Å². The zero-order chi connectivity index (χ0) is 19.3. The van der Waals surface area contributed by atoms with Gasteiger partial charge in [0.15, 0.2) is 11.6 Å². The third-order valence-corrected chi connectivity index (χ3v) is 3.87. The van der Waals surface area contributed by atoms with Gasteiger partial charge in [0.1, 0.15) is 11.4 Å². The van der Waals surface area contributed by atoms with Gasteiger partial charge in [-0.15, -0.1) is 0 Å². The fraction of sp³-hybridized carbons (Fsp3) is 0.263. The number of aromatic carboxylic acids is 1. The van der Waals surface area contributed by atoms with Crippen LogP contribution in [0.4, 0.5) is 13.2 Å². The number of halogens is 3. The summed E-state index contributed by atoms with van der Waals surface area (Å²) in [6, 6.07) is 8.69. The maximum Gasteiger partial charge on any atom is 0.339 e. The molecule has 7 heteroatoms. The van der Waals surface area contributed by atoms with E-state index in [1.54, 1.807) is 12.1 Å². The van der Waals surface area contributed by atoms with E-state index in [-0.39, 0.29) is 11.4 Å². The molecule has 138 valence electrons. The molecule has 0 heterocycles. The Balaban J connectivity index is 0.000000195. The van der Waals surface area contributed by atoms with Crippen LogP contribution in [0.3, 0.4) is 0 Å². The molecule has 2 aromatic rings. The Morgan fingerprint density at radius 1 is 1.12 bits per heavy atom. The number of nitrogens with two attached hydrogens (primary N) is 1. The largest absolute Gasteiger partial charge is 0.478 e. The number of amides is 1. The third-order valence-electron chi connectivity index (χ3n) is 3.87. The van der Waals surface area contributed by atoms with Crippen molar-refractivity contribution in [3.63, 3.8) is 0 Å². The highest BCUT2D eigenvalue weighted by molar-refractivity contribution is 5.91. The van der Waals surface area contributed by atoms with Crippen molar-refractivity contribution in [2.24, 2.45) is 11.7 Å². The average Bonchev–Trinajstić information content (AvgIpc) is 3.35. The van der Waals surface area contributed by atoms with E-state index >= 15 is 0 Å². The second-order valence-electron chi connectivity index (χ2n) is 6.12. The molecule has 1 amide bonds. The minimum atomic E-state index is -1.64. The van der Waals surface area contributed by atoms with Crippen molar-refractivity contribution in [2.75, 3.05) is 0 Å². The predicted octanol–water partition coefficient (Wildman–Crippen LogP) is 3.47. The van der Waals surface area contributed by atoms with Crippen LogP contribution in [0.1, 0.15) is 34.3 Å². The second-order valence-corrected chi connectivity index (χ2v) is 6.12. The average molecular weight is 365 g/mol. The van der Waals surface area contributed by atoms with Crippen molar-refractivity contribution in [1.29, 1.82) is 0 Å². The lowest BCUT2D eigenvalue weighted by molar-refractivity contribution is -0.117. The van der Waals surface area contributed by atoms with Gasteiger partial charge in [-0.1, -0.05) is 18.2 Å². The van der Waals surface area contributed by atoms with Crippen molar-refractivity contribution in [3.05, 3.63) is 70.5 Å². The molecule has 1 aliphatic rings. The molecule has 0 bridgehead atoms. The van der Waals surface area contributed by atoms with Gasteiger partial charge in [-0.05, 0) is 54.5 Å². The molecule has 0 aromatic heterocycles. The summed E-state index contributed by atoms with van der Waals surface area (Å²) in [5.74, 6) is -4.48. The first-order valence-electron chi connectivity index (χ1n) is 8.00. The zero-order valence-electron chi connectivity index (χ0n) is 13.8. The number of carbonyl (C=O) groups excluding carboxylic acids is 1. The number of carboxylic acid groups (broad SMARTS) is 1. The van der Waals surface area contributed by atoms with E-state index in [2.05, 4.69) is 0 Å². The van der Waals surface area contributed by atoms with E-state index in [0.717, 1.165) is 30.0 Å². The summed E-state index contributed by atoms with van der Waals surface area (Å²) in [4.78, 5) is 21.2. The lowest BCUT2D eigenvalue weighted by atomic mass is 10.0. The zero-order valence-corrected chi connectivity index (χ0v) is 13.8. The molecule has 1 aliphatic carbocycles. The SMILES string of the molecule is Fc1cccc(CC2CC2)c1.NC(=O)Cc1ccc(F)c(F)c1C(=O)O. The molecule has 0 saturated heterocycles. The van der Waals surface area contributed by atoms with Gasteiger partial charge >= 0.3 is 5.97 Å². The molecule has 4 nitrogen and oxygen atoms in total. The second kappa shape index (κ2) is 8.51. The van der Waals surface area contributed by atoms with Gasteiger partial charge in [0.25, 0.3) is 0 Å². The van der Waals surface area contributed by atoms with Gasteiger partial charge in [0.05, 0.1) is 6.42 Å². The standard InChI is InChI=1S/C10H11F.C9H7F2NO3/c11-10-3-1-2-9(7-10)6-8-4-5-8;10-5-2-1-4(3-6(12)13)7(8(5)11)9(14)15/h1-3,7-8H,4-6H2;1-2H,3H2,(H2,12,13)(H,14,15). The molecule has 3 N–H and O–H groups in total. The Kier molecular flexibility index (Phi) is 6.38. The smallest absolute Gasteiger partial charge is 0.339 e. The van der Waals surface area contributed by atoms with Crippen LogP contribution in [0.2, 0.25) is 0 Å². The highest BCUT2D eigenvalue weighted by Crippen LogP contribution is 2.32. The van der Waals surface area contributed by atoms with Gasteiger partial charge < -0.3 is 10.8 Å². The summed E-state index contributed by atoms with van der Waals surface area (Å²) in [5, 5.41) is 8.63. The maximum absolute atomic E-state index is 13.1. The van der Waals surface area contributed by atoms with Crippen LogP contribution in [0, 0.1) is 23.4 Å². The van der Waals surface area contributed by atoms with Crippen molar-refractivity contribution in [1.82, 2.24) is 0 Å². The van der Waals surface area contributed by atoms with E-state index < -0.39 is 35.5 Å². The monoisotopic (exact) mass is 365 g/mol. The van der Waals surface area contributed by atoms with Crippen molar-refractivity contribution in [3.8, 4) is 0 Å². The van der Waals surface area contributed by atoms with Crippen LogP contribution in [0.15, 0.2) is 36.4 Å². The highest BCUT2D eigenvalue weighted by atomic mass is 19.2. The molecule has 3 rings (SSSR count). The van der Waals surface area contributed by atoms with Crippen molar-refractivity contribution in [2.45, 2.75) is 25.7 Å². The fourth-order valence-electron chi connectivity index (χ4n) is 2.48. The van der Waals surface area contributed by atoms with E-state index in [9.17, 15) is 22.8 Å². The van der Waals surface area contributed by atoms with Crippen LogP contribution in [0.25, 0.3) is 0 Å². The Morgan fingerprint density at radius 3 is 2.35 bits per heavy atom. The molecular formula is C19H18F3NO3. The maximum atomic E-state index is 13.1. The first kappa shape index (κ1) is 19.5. The molecule has 0 aliphatic heterocycles. The number of rotatable bonds is 5. The molecule has 1 fully saturated rings. The van der Waals surface area contributed by atoms with Crippen molar-refractivity contribution < 1.29 is 27.9 Å². The molecular weight excluding hydrogens is 347 g/mol. The number of carbonyl (C=O) groups is 2. The fourth-order valence-corrected chi connectivity index (χ4v) is 2.48. The van der Waals surface area contributed by atoms with Gasteiger partial charge in [-0.2, -0.15) is 0 Å². The first-order valence-corrected chi connectivity index (χ1v) is 8.00. The van der Waals surface area contributed by atoms with Gasteiger partial charge in [-0.3, -0.25) is 4.79 Å². The number of hydrogen-bond donors (Lipinski definition) is 2. The lowest BCUT2D eigenvalue weighted by Crippen LogP contribution is -2.17. The van der Waals surface area contributed by atoms with Crippen LogP contribution in [-0.2, 0) is 17.6 Å². The van der Waals surface area contributed by atoms with E-state index in [1.807, 2.05) is 6.07 Å². The Morgan fingerprint density at radius 2 is 1.81 bits per heavy atom. The summed E-state index contributed by atoms with van der Waals surface area (Å²) in [6.45, 7) is 0. The van der Waals surface area contributed by atoms with E-state index in [4.69, 9.17) is 10.8 Å². The summed E-state index contributed by atoms with van der Waals surface area (Å²) in [7, 11) is 0. The van der Waals surface area contributed by atoms with E-state index in [1.165, 1.54) is 18.9 Å². The Labute approximate surface area is 148 Å². The number of primary amides is 1. The summed E-state index contributed by atoms with van der Waals surface area (Å²) in [5.41, 5.74) is 4.98. The van der Waals surface area contributed by atoms with Crippen LogP contribution in [-0.4, -0.2) is 17.0 Å². The predicted molar refractivity (Wildman–Crippen MR) is 89.0 cm³/mol. The van der Waals surface area contributed by atoms with Gasteiger partial charge in [0.2, 0.25) is 5.91 Å². The lowest BCUT2D eigenvalue weighted by Gasteiger charge is -2.05. The van der Waals surface area contributed by atoms with Crippen LogP contribution < -0.4 is 5.73 Å². The highest BCUT2D eigenvalue weighted by Gasteiger charge is 2.21. The third kappa shape index (κ3) is 5.61. The quantitative estimate of drug-likeness (QED) is 0.851. The molecule has 0 atom stereocenters. The molecule has 2 aromatic carbocycles. The van der Waals surface area contributed by atoms with Gasteiger partial charge in [-0.25, -0.2) is 18.0 Å². The number of benzene rings is 2. The minimum absolute atomic E-state index is 0.108. The molecule has 1 saturated carbocycles. The summed E-state index contributed by atoms with van der Waals surface area (Å²) < 4.78 is 38.4. The minimum Gasteiger partial charge on any atom is -0.478 e. The molecule has 26 heavy (non-hydrogen) atoms. The van der Waals surface area contributed by atoms with E-state index in [0.29, 0.717) is 0 Å². The molecule has 0 unspecified atom stereocenters. The molecule has 0 spiro atoms. The first-order chi connectivity index (χ1) is 12.3. The normalized spacial score (nSPS) is 12.9. The number of hydrogen-bond acceptors (Lipinski definition) is 2. The Bertz CT molecular complexity index is 820. The van der Waals surface area contributed by atoms with Crippen LogP contribution >= 0.6 is 0 Å². The van der Waals surface area contributed by atoms with Gasteiger partial charge in [0, 0.05) is 0 Å². The topological polar surface area (TPSA) is 80.4 Å². The number of carboxylic acids is 1. The summed E-state index contributed by atoms with van der Waals surface area (Å²) >= 11 is 0.